The van der Waals surface area contributed by atoms with Crippen LogP contribution in [0.5, 0.6) is 0 Å². The van der Waals surface area contributed by atoms with E-state index in [2.05, 4.69) is 32.5 Å². The van der Waals surface area contributed by atoms with Crippen molar-refractivity contribution in [2.45, 2.75) is 33.7 Å². The molecule has 0 saturated carbocycles. The number of carbonyl (C=O) groups is 1. The van der Waals surface area contributed by atoms with Crippen LogP contribution in [-0.4, -0.2) is 20.9 Å². The Bertz CT molecular complexity index is 1180. The zero-order chi connectivity index (χ0) is 22.0. The molecule has 0 fully saturated rings. The summed E-state index contributed by atoms with van der Waals surface area (Å²) in [6.45, 7) is 7.98. The molecular weight excluding hydrogens is 410 g/mol. The van der Waals surface area contributed by atoms with Crippen molar-refractivity contribution in [1.29, 1.82) is 0 Å². The molecule has 0 radical (unpaired) electrons. The first-order valence-electron chi connectivity index (χ1n) is 9.86. The van der Waals surface area contributed by atoms with E-state index in [0.717, 1.165) is 38.0 Å². The second kappa shape index (κ2) is 8.69. The molecule has 158 valence electrons. The van der Waals surface area contributed by atoms with Gasteiger partial charge in [-0.05, 0) is 69.2 Å². The van der Waals surface area contributed by atoms with Gasteiger partial charge < -0.3 is 15.1 Å². The minimum Gasteiger partial charge on any atom is -0.459 e. The Morgan fingerprint density at radius 1 is 1.06 bits per heavy atom. The Hall–Kier alpha value is -3.52. The van der Waals surface area contributed by atoms with Crippen LogP contribution in [0.1, 0.15) is 49.6 Å². The Balaban J connectivity index is 1.78. The first-order valence-corrected chi connectivity index (χ1v) is 10.7. The fourth-order valence-corrected chi connectivity index (χ4v) is 4.55. The molecule has 4 aromatic heterocycles. The van der Waals surface area contributed by atoms with E-state index in [9.17, 15) is 4.79 Å². The largest absolute Gasteiger partial charge is 0.459 e. The number of furan rings is 1. The lowest BCUT2D eigenvalue weighted by molar-refractivity contribution is 0.0997. The van der Waals surface area contributed by atoms with Crippen LogP contribution in [0.25, 0.3) is 0 Å². The van der Waals surface area contributed by atoms with Gasteiger partial charge in [0.2, 0.25) is 5.95 Å². The number of amides is 1. The van der Waals surface area contributed by atoms with Gasteiger partial charge in [0, 0.05) is 34.2 Å². The van der Waals surface area contributed by atoms with Crippen LogP contribution in [-0.2, 0) is 0 Å². The molecule has 8 heteroatoms. The van der Waals surface area contributed by atoms with Crippen molar-refractivity contribution in [3.63, 3.8) is 0 Å². The Morgan fingerprint density at radius 3 is 2.42 bits per heavy atom. The number of carbonyl (C=O) groups excluding carboxylic acids is 1. The molecule has 0 unspecified atom stereocenters. The summed E-state index contributed by atoms with van der Waals surface area (Å²) in [5, 5.41) is 7.26. The molecule has 4 heterocycles. The summed E-state index contributed by atoms with van der Waals surface area (Å²) < 4.78 is 5.26. The molecule has 4 rings (SSSR count). The predicted octanol–water partition coefficient (Wildman–Crippen LogP) is 5.21. The maximum absolute atomic E-state index is 12.7. The Kier molecular flexibility index (Phi) is 5.81. The maximum Gasteiger partial charge on any atom is 0.291 e. The lowest BCUT2D eigenvalue weighted by Gasteiger charge is -2.22. The normalized spacial score (nSPS) is 11.9. The molecule has 0 bridgehead atoms. The topological polar surface area (TPSA) is 92.9 Å². The number of aromatic nitrogens is 3. The summed E-state index contributed by atoms with van der Waals surface area (Å²) in [5.74, 6) is 0.509. The van der Waals surface area contributed by atoms with E-state index >= 15 is 0 Å². The van der Waals surface area contributed by atoms with Crippen LogP contribution in [0.4, 0.5) is 10.9 Å². The van der Waals surface area contributed by atoms with E-state index in [1.807, 2.05) is 39.0 Å². The van der Waals surface area contributed by atoms with Crippen molar-refractivity contribution < 1.29 is 9.21 Å². The van der Waals surface area contributed by atoms with Crippen LogP contribution < -0.4 is 10.6 Å². The second-order valence-electron chi connectivity index (χ2n) is 7.29. The monoisotopic (exact) mass is 433 g/mol. The number of nitrogens with zero attached hydrogens (tertiary/aromatic N) is 3. The van der Waals surface area contributed by atoms with Crippen molar-refractivity contribution in [2.75, 3.05) is 10.6 Å². The third-order valence-corrected chi connectivity index (χ3v) is 6.13. The molecule has 0 aliphatic heterocycles. The molecule has 4 aromatic rings. The number of anilines is 2. The average molecular weight is 434 g/mol. The van der Waals surface area contributed by atoms with Crippen LogP contribution in [0.15, 0.2) is 53.4 Å². The van der Waals surface area contributed by atoms with E-state index in [0.29, 0.717) is 5.95 Å². The van der Waals surface area contributed by atoms with Crippen molar-refractivity contribution in [1.82, 2.24) is 15.0 Å². The molecular formula is C23H23N5O2S. The maximum atomic E-state index is 12.7. The highest BCUT2D eigenvalue weighted by atomic mass is 32.1. The zero-order valence-electron chi connectivity index (χ0n) is 17.8. The number of thiophene rings is 1. The van der Waals surface area contributed by atoms with Crippen LogP contribution in [0.3, 0.4) is 0 Å². The van der Waals surface area contributed by atoms with Gasteiger partial charge in [-0.1, -0.05) is 0 Å². The number of rotatable bonds is 6. The summed E-state index contributed by atoms with van der Waals surface area (Å²) in [6, 6.07) is 8.89. The quantitative estimate of drug-likeness (QED) is 0.433. The second-order valence-corrected chi connectivity index (χ2v) is 8.51. The molecule has 1 amide bonds. The molecule has 1 atom stereocenters. The molecule has 0 saturated heterocycles. The van der Waals surface area contributed by atoms with E-state index in [1.165, 1.54) is 17.6 Å². The summed E-state index contributed by atoms with van der Waals surface area (Å²) >= 11 is 1.54. The highest BCUT2D eigenvalue weighted by Gasteiger charge is 2.26. The van der Waals surface area contributed by atoms with Gasteiger partial charge in [0.1, 0.15) is 5.00 Å². The van der Waals surface area contributed by atoms with Gasteiger partial charge in [-0.15, -0.1) is 11.3 Å². The Morgan fingerprint density at radius 2 is 1.77 bits per heavy atom. The fourth-order valence-electron chi connectivity index (χ4n) is 3.46. The first-order chi connectivity index (χ1) is 14.9. The smallest absolute Gasteiger partial charge is 0.291 e. The van der Waals surface area contributed by atoms with Gasteiger partial charge in [-0.25, -0.2) is 9.97 Å². The predicted molar refractivity (Wildman–Crippen MR) is 122 cm³/mol. The van der Waals surface area contributed by atoms with Crippen molar-refractivity contribution in [2.24, 2.45) is 0 Å². The molecule has 0 aliphatic rings. The summed E-state index contributed by atoms with van der Waals surface area (Å²) in [6.07, 6.45) is 4.99. The van der Waals surface area contributed by atoms with Crippen LogP contribution in [0, 0.1) is 27.7 Å². The molecule has 0 aliphatic carbocycles. The third kappa shape index (κ3) is 4.49. The number of aryl methyl sites for hydroxylation is 3. The number of hydrogen-bond acceptors (Lipinski definition) is 7. The lowest BCUT2D eigenvalue weighted by atomic mass is 9.97. The van der Waals surface area contributed by atoms with E-state index in [-0.39, 0.29) is 17.7 Å². The summed E-state index contributed by atoms with van der Waals surface area (Å²) in [5.41, 5.74) is 4.82. The zero-order valence-corrected chi connectivity index (χ0v) is 18.6. The average Bonchev–Trinajstić information content (AvgIpc) is 3.36. The van der Waals surface area contributed by atoms with Gasteiger partial charge in [-0.3, -0.25) is 9.78 Å². The lowest BCUT2D eigenvalue weighted by Crippen LogP contribution is -2.18. The minimum atomic E-state index is -0.288. The molecule has 7 nitrogen and oxygen atoms in total. The summed E-state index contributed by atoms with van der Waals surface area (Å²) in [7, 11) is 0. The highest BCUT2D eigenvalue weighted by molar-refractivity contribution is 7.16. The van der Waals surface area contributed by atoms with Gasteiger partial charge in [0.15, 0.2) is 5.76 Å². The number of nitrogens with one attached hydrogen (secondary N) is 2. The van der Waals surface area contributed by atoms with E-state index < -0.39 is 0 Å². The molecule has 2 N–H and O–H groups in total. The van der Waals surface area contributed by atoms with Crippen molar-refractivity contribution in [3.8, 4) is 0 Å². The minimum absolute atomic E-state index is 0.265. The highest BCUT2D eigenvalue weighted by Crippen LogP contribution is 2.40. The van der Waals surface area contributed by atoms with Gasteiger partial charge in [0.25, 0.3) is 5.91 Å². The fraction of sp³-hybridized carbons (Fsp3) is 0.217. The number of pyridine rings is 1. The molecule has 0 spiro atoms. The van der Waals surface area contributed by atoms with Crippen LogP contribution >= 0.6 is 11.3 Å². The Labute approximate surface area is 184 Å². The van der Waals surface area contributed by atoms with Crippen LogP contribution in [0.2, 0.25) is 0 Å². The molecule has 0 aromatic carbocycles. The standard InChI is InChI=1S/C23H23N5O2S/c1-13-12-14(2)26-23(25-13)27-20(17-7-9-24-10-8-17)19-15(3)16(4)31-22(19)28-21(29)18-6-5-11-30-18/h5-12,20H,1-4H3,(H,28,29)(H,25,26,27)/t20-/m0/s1. The number of hydrogen-bond donors (Lipinski definition) is 2. The van der Waals surface area contributed by atoms with E-state index in [1.54, 1.807) is 24.5 Å². The van der Waals surface area contributed by atoms with Crippen molar-refractivity contribution in [3.05, 3.63) is 87.7 Å². The van der Waals surface area contributed by atoms with Gasteiger partial charge in [-0.2, -0.15) is 0 Å². The van der Waals surface area contributed by atoms with Crippen molar-refractivity contribution >= 4 is 28.2 Å². The summed E-state index contributed by atoms with van der Waals surface area (Å²) in [4.78, 5) is 27.1. The molecule has 31 heavy (non-hydrogen) atoms. The SMILES string of the molecule is Cc1cc(C)nc(N[C@@H](c2ccncc2)c2c(NC(=O)c3ccco3)sc(C)c2C)n1. The third-order valence-electron chi connectivity index (χ3n) is 4.99. The van der Waals surface area contributed by atoms with Gasteiger partial charge in [0.05, 0.1) is 12.3 Å². The van der Waals surface area contributed by atoms with Gasteiger partial charge >= 0.3 is 0 Å². The van der Waals surface area contributed by atoms with E-state index in [4.69, 9.17) is 4.42 Å². The first kappa shape index (κ1) is 20.7.